The molecule has 0 saturated carbocycles. The molecule has 5 nitrogen and oxygen atoms in total. The third-order valence-corrected chi connectivity index (χ3v) is 4.92. The van der Waals surface area contributed by atoms with Gasteiger partial charge in [0, 0.05) is 17.8 Å². The molecule has 2 amide bonds. The molecule has 0 heterocycles. The number of amides is 2. The van der Waals surface area contributed by atoms with Crippen LogP contribution in [-0.2, 0) is 9.59 Å². The van der Waals surface area contributed by atoms with Gasteiger partial charge < -0.3 is 16.0 Å². The SMILES string of the molecule is CCCCCC(=O)Nc1cccc(NC(=O)CNc2cc(Cl)c(Cl)cc2Cl)c1. The van der Waals surface area contributed by atoms with Gasteiger partial charge in [-0.3, -0.25) is 9.59 Å². The van der Waals surface area contributed by atoms with Gasteiger partial charge in [-0.1, -0.05) is 60.6 Å². The molecular formula is C20H22Cl3N3O2. The van der Waals surface area contributed by atoms with Gasteiger partial charge in [-0.15, -0.1) is 0 Å². The Bertz CT molecular complexity index is 843. The van der Waals surface area contributed by atoms with Gasteiger partial charge in [-0.05, 0) is 36.8 Å². The van der Waals surface area contributed by atoms with Crippen LogP contribution in [0.2, 0.25) is 15.1 Å². The molecule has 0 aliphatic rings. The second-order valence-electron chi connectivity index (χ2n) is 6.23. The standard InChI is InChI=1S/C20H22Cl3N3O2/c1-2-3-4-8-19(27)25-13-6-5-7-14(9-13)26-20(28)12-24-18-11-16(22)15(21)10-17(18)23/h5-7,9-11,24H,2-4,8,12H2,1H3,(H,25,27)(H,26,28). The van der Waals surface area contributed by atoms with Crippen molar-refractivity contribution in [2.75, 3.05) is 22.5 Å². The number of anilines is 3. The minimum Gasteiger partial charge on any atom is -0.375 e. The Balaban J connectivity index is 1.88. The van der Waals surface area contributed by atoms with Gasteiger partial charge in [-0.25, -0.2) is 0 Å². The van der Waals surface area contributed by atoms with Crippen LogP contribution in [0.15, 0.2) is 36.4 Å². The van der Waals surface area contributed by atoms with Crippen molar-refractivity contribution in [3.05, 3.63) is 51.5 Å². The molecule has 2 rings (SSSR count). The minimum atomic E-state index is -0.270. The predicted octanol–water partition coefficient (Wildman–Crippen LogP) is 6.22. The maximum absolute atomic E-state index is 12.2. The summed E-state index contributed by atoms with van der Waals surface area (Å²) in [6.07, 6.45) is 3.44. The van der Waals surface area contributed by atoms with E-state index in [9.17, 15) is 9.59 Å². The van der Waals surface area contributed by atoms with Crippen LogP contribution < -0.4 is 16.0 Å². The van der Waals surface area contributed by atoms with E-state index < -0.39 is 0 Å². The number of benzene rings is 2. The summed E-state index contributed by atoms with van der Waals surface area (Å²) in [6, 6.07) is 10.1. The first-order chi connectivity index (χ1) is 13.4. The van der Waals surface area contributed by atoms with Crippen molar-refractivity contribution in [2.24, 2.45) is 0 Å². The number of carbonyl (C=O) groups excluding carboxylic acids is 2. The number of halogens is 3. The number of rotatable bonds is 9. The van der Waals surface area contributed by atoms with E-state index in [1.165, 1.54) is 6.07 Å². The first-order valence-corrected chi connectivity index (χ1v) is 10.1. The maximum Gasteiger partial charge on any atom is 0.243 e. The molecule has 0 bridgehead atoms. The van der Waals surface area contributed by atoms with E-state index in [-0.39, 0.29) is 18.4 Å². The average Bonchev–Trinajstić information content (AvgIpc) is 2.64. The van der Waals surface area contributed by atoms with Crippen LogP contribution in [-0.4, -0.2) is 18.4 Å². The fraction of sp³-hybridized carbons (Fsp3) is 0.300. The van der Waals surface area contributed by atoms with Crippen molar-refractivity contribution >= 4 is 63.7 Å². The Morgan fingerprint density at radius 1 is 0.857 bits per heavy atom. The van der Waals surface area contributed by atoms with Crippen LogP contribution in [0.1, 0.15) is 32.6 Å². The molecule has 0 unspecified atom stereocenters. The summed E-state index contributed by atoms with van der Waals surface area (Å²) in [5.41, 5.74) is 1.73. The highest BCUT2D eigenvalue weighted by atomic mass is 35.5. The van der Waals surface area contributed by atoms with E-state index in [1.807, 2.05) is 0 Å². The van der Waals surface area contributed by atoms with Gasteiger partial charge in [0.15, 0.2) is 0 Å². The number of hydrogen-bond donors (Lipinski definition) is 3. The van der Waals surface area contributed by atoms with Crippen LogP contribution in [0.4, 0.5) is 17.1 Å². The van der Waals surface area contributed by atoms with Crippen LogP contribution in [0, 0.1) is 0 Å². The van der Waals surface area contributed by atoms with Gasteiger partial charge in [0.05, 0.1) is 27.3 Å². The average molecular weight is 443 g/mol. The topological polar surface area (TPSA) is 70.2 Å². The third-order valence-electron chi connectivity index (χ3n) is 3.89. The molecule has 0 aromatic heterocycles. The molecule has 0 spiro atoms. The van der Waals surface area contributed by atoms with Crippen LogP contribution in [0.3, 0.4) is 0 Å². The minimum absolute atomic E-state index is 0.00865. The maximum atomic E-state index is 12.2. The zero-order valence-electron chi connectivity index (χ0n) is 15.5. The van der Waals surface area contributed by atoms with E-state index in [4.69, 9.17) is 34.8 Å². The number of unbranched alkanes of at least 4 members (excludes halogenated alkanes) is 2. The van der Waals surface area contributed by atoms with Crippen LogP contribution in [0.25, 0.3) is 0 Å². The van der Waals surface area contributed by atoms with E-state index in [2.05, 4.69) is 22.9 Å². The van der Waals surface area contributed by atoms with Gasteiger partial charge in [0.2, 0.25) is 11.8 Å². The van der Waals surface area contributed by atoms with E-state index in [0.29, 0.717) is 38.6 Å². The van der Waals surface area contributed by atoms with Gasteiger partial charge in [-0.2, -0.15) is 0 Å². The fourth-order valence-corrected chi connectivity index (χ4v) is 3.09. The van der Waals surface area contributed by atoms with Crippen molar-refractivity contribution in [1.82, 2.24) is 0 Å². The molecule has 2 aromatic rings. The molecule has 2 aromatic carbocycles. The summed E-state index contributed by atoms with van der Waals surface area (Å²) in [5, 5.41) is 9.59. The summed E-state index contributed by atoms with van der Waals surface area (Å²) in [7, 11) is 0. The molecule has 3 N–H and O–H groups in total. The lowest BCUT2D eigenvalue weighted by Crippen LogP contribution is -2.22. The lowest BCUT2D eigenvalue weighted by atomic mass is 10.2. The Morgan fingerprint density at radius 3 is 2.18 bits per heavy atom. The Hall–Kier alpha value is -1.95. The molecule has 0 radical (unpaired) electrons. The van der Waals surface area contributed by atoms with Crippen molar-refractivity contribution in [1.29, 1.82) is 0 Å². The largest absolute Gasteiger partial charge is 0.375 e. The fourth-order valence-electron chi connectivity index (χ4n) is 2.47. The van der Waals surface area contributed by atoms with Crippen molar-refractivity contribution < 1.29 is 9.59 Å². The highest BCUT2D eigenvalue weighted by Gasteiger charge is 2.09. The lowest BCUT2D eigenvalue weighted by molar-refractivity contribution is -0.116. The first kappa shape index (κ1) is 22.3. The van der Waals surface area contributed by atoms with Crippen molar-refractivity contribution in [3.8, 4) is 0 Å². The first-order valence-electron chi connectivity index (χ1n) is 8.97. The number of hydrogen-bond acceptors (Lipinski definition) is 3. The second kappa shape index (κ2) is 11.1. The van der Waals surface area contributed by atoms with Crippen molar-refractivity contribution in [3.63, 3.8) is 0 Å². The molecule has 0 saturated heterocycles. The summed E-state index contributed by atoms with van der Waals surface area (Å²) in [5.74, 6) is -0.304. The highest BCUT2D eigenvalue weighted by molar-refractivity contribution is 6.44. The quantitative estimate of drug-likeness (QED) is 0.319. The molecule has 8 heteroatoms. The van der Waals surface area contributed by atoms with Crippen LogP contribution in [0.5, 0.6) is 0 Å². The molecule has 0 aliphatic carbocycles. The number of nitrogens with one attached hydrogen (secondary N) is 3. The summed E-state index contributed by atoms with van der Waals surface area (Å²) in [6.45, 7) is 2.08. The van der Waals surface area contributed by atoms with E-state index >= 15 is 0 Å². The van der Waals surface area contributed by atoms with Gasteiger partial charge in [0.1, 0.15) is 0 Å². The van der Waals surface area contributed by atoms with Gasteiger partial charge >= 0.3 is 0 Å². The molecule has 150 valence electrons. The summed E-state index contributed by atoms with van der Waals surface area (Å²) >= 11 is 17.9. The normalized spacial score (nSPS) is 10.4. The molecule has 28 heavy (non-hydrogen) atoms. The number of carbonyl (C=O) groups is 2. The summed E-state index contributed by atoms with van der Waals surface area (Å²) in [4.78, 5) is 24.1. The highest BCUT2D eigenvalue weighted by Crippen LogP contribution is 2.32. The smallest absolute Gasteiger partial charge is 0.243 e. The van der Waals surface area contributed by atoms with Gasteiger partial charge in [0.25, 0.3) is 0 Å². The Kier molecular flexibility index (Phi) is 8.90. The monoisotopic (exact) mass is 441 g/mol. The molecule has 0 aliphatic heterocycles. The molecule has 0 atom stereocenters. The lowest BCUT2D eigenvalue weighted by Gasteiger charge is -2.11. The Labute approximate surface area is 179 Å². The Morgan fingerprint density at radius 2 is 1.50 bits per heavy atom. The second-order valence-corrected chi connectivity index (χ2v) is 7.46. The zero-order chi connectivity index (χ0) is 20.5. The molecule has 0 fully saturated rings. The predicted molar refractivity (Wildman–Crippen MR) is 118 cm³/mol. The molecular weight excluding hydrogens is 421 g/mol. The van der Waals surface area contributed by atoms with E-state index in [0.717, 1.165) is 19.3 Å². The summed E-state index contributed by atoms with van der Waals surface area (Å²) < 4.78 is 0. The van der Waals surface area contributed by atoms with Crippen molar-refractivity contribution in [2.45, 2.75) is 32.6 Å². The van der Waals surface area contributed by atoms with E-state index in [1.54, 1.807) is 30.3 Å². The van der Waals surface area contributed by atoms with Crippen LogP contribution >= 0.6 is 34.8 Å². The third kappa shape index (κ3) is 7.23. The zero-order valence-corrected chi connectivity index (χ0v) is 17.7.